The van der Waals surface area contributed by atoms with Crippen molar-refractivity contribution in [2.24, 2.45) is 5.73 Å². The quantitative estimate of drug-likeness (QED) is 0.833. The van der Waals surface area contributed by atoms with Crippen LogP contribution in [0.2, 0.25) is 0 Å². The first-order valence-electron chi connectivity index (χ1n) is 7.79. The summed E-state index contributed by atoms with van der Waals surface area (Å²) in [5, 5.41) is 0. The average Bonchev–Trinajstić information content (AvgIpc) is 2.54. The zero-order valence-electron chi connectivity index (χ0n) is 13.5. The third kappa shape index (κ3) is 3.39. The molecule has 0 saturated carbocycles. The van der Waals surface area contributed by atoms with Crippen LogP contribution in [0, 0.1) is 0 Å². The highest BCUT2D eigenvalue weighted by Crippen LogP contribution is 2.34. The summed E-state index contributed by atoms with van der Waals surface area (Å²) >= 11 is 0. The van der Waals surface area contributed by atoms with Crippen LogP contribution < -0.4 is 10.5 Å². The minimum Gasteiger partial charge on any atom is -0.497 e. The molecular weight excluding hydrogens is 264 g/mol. The minimum atomic E-state index is 0.0483. The van der Waals surface area contributed by atoms with E-state index in [0.29, 0.717) is 6.54 Å². The van der Waals surface area contributed by atoms with Crippen LogP contribution in [-0.4, -0.2) is 50.9 Å². The molecule has 1 aromatic carbocycles. The summed E-state index contributed by atoms with van der Waals surface area (Å²) < 4.78 is 10.6. The number of methoxy groups -OCH3 is 2. The van der Waals surface area contributed by atoms with Gasteiger partial charge in [-0.05, 0) is 49.1 Å². The van der Waals surface area contributed by atoms with Crippen LogP contribution >= 0.6 is 0 Å². The molecule has 0 fully saturated rings. The van der Waals surface area contributed by atoms with Gasteiger partial charge in [0, 0.05) is 25.7 Å². The van der Waals surface area contributed by atoms with E-state index in [1.54, 1.807) is 14.2 Å². The lowest BCUT2D eigenvalue weighted by Crippen LogP contribution is -2.57. The van der Waals surface area contributed by atoms with Crippen molar-refractivity contribution < 1.29 is 9.47 Å². The van der Waals surface area contributed by atoms with Gasteiger partial charge in [-0.25, -0.2) is 0 Å². The van der Waals surface area contributed by atoms with Crippen LogP contribution in [0.3, 0.4) is 0 Å². The van der Waals surface area contributed by atoms with Gasteiger partial charge in [0.2, 0.25) is 0 Å². The predicted molar refractivity (Wildman–Crippen MR) is 85.9 cm³/mol. The molecule has 0 saturated heterocycles. The number of nitrogens with two attached hydrogens (primary N) is 1. The van der Waals surface area contributed by atoms with Gasteiger partial charge in [-0.2, -0.15) is 0 Å². The molecule has 4 nitrogen and oxygen atoms in total. The molecule has 21 heavy (non-hydrogen) atoms. The van der Waals surface area contributed by atoms with Gasteiger partial charge in [-0.3, -0.25) is 4.90 Å². The Morgan fingerprint density at radius 1 is 1.29 bits per heavy atom. The zero-order valence-corrected chi connectivity index (χ0v) is 13.5. The van der Waals surface area contributed by atoms with Crippen molar-refractivity contribution in [2.75, 3.05) is 40.5 Å². The van der Waals surface area contributed by atoms with Crippen molar-refractivity contribution in [2.45, 2.75) is 31.7 Å². The van der Waals surface area contributed by atoms with Gasteiger partial charge in [0.15, 0.2) is 0 Å². The van der Waals surface area contributed by atoms with E-state index in [2.05, 4.69) is 30.0 Å². The van der Waals surface area contributed by atoms with E-state index >= 15 is 0 Å². The van der Waals surface area contributed by atoms with Gasteiger partial charge in [0.1, 0.15) is 5.75 Å². The van der Waals surface area contributed by atoms with E-state index in [1.165, 1.54) is 11.1 Å². The highest BCUT2D eigenvalue weighted by Gasteiger charge is 2.37. The Bertz CT molecular complexity index is 464. The van der Waals surface area contributed by atoms with Crippen LogP contribution in [0.5, 0.6) is 5.75 Å². The number of fused-ring (bicyclic) bond motifs is 1. The molecule has 0 spiro atoms. The summed E-state index contributed by atoms with van der Waals surface area (Å²) in [5.41, 5.74) is 9.06. The van der Waals surface area contributed by atoms with Crippen molar-refractivity contribution in [3.63, 3.8) is 0 Å². The van der Waals surface area contributed by atoms with Crippen molar-refractivity contribution in [3.8, 4) is 5.75 Å². The van der Waals surface area contributed by atoms with Crippen LogP contribution in [0.4, 0.5) is 0 Å². The zero-order chi connectivity index (χ0) is 15.3. The molecule has 0 radical (unpaired) electrons. The maximum atomic E-state index is 6.20. The number of nitrogens with zero attached hydrogens (tertiary/aromatic N) is 1. The number of ether oxygens (including phenoxy) is 2. The maximum absolute atomic E-state index is 6.20. The Morgan fingerprint density at radius 3 is 2.71 bits per heavy atom. The molecular formula is C17H28N2O2. The lowest BCUT2D eigenvalue weighted by molar-refractivity contribution is 0.0540. The molecule has 1 unspecified atom stereocenters. The first-order chi connectivity index (χ1) is 10.2. The topological polar surface area (TPSA) is 47.7 Å². The Balaban J connectivity index is 2.24. The van der Waals surface area contributed by atoms with E-state index in [0.717, 1.165) is 44.7 Å². The molecule has 0 aromatic heterocycles. The number of aryl methyl sites for hydroxylation is 1. The molecule has 4 heteroatoms. The van der Waals surface area contributed by atoms with Crippen molar-refractivity contribution in [3.05, 3.63) is 29.3 Å². The molecule has 2 rings (SSSR count). The molecule has 0 aliphatic heterocycles. The highest BCUT2D eigenvalue weighted by molar-refractivity contribution is 5.39. The van der Waals surface area contributed by atoms with Gasteiger partial charge in [-0.15, -0.1) is 0 Å². The van der Waals surface area contributed by atoms with Crippen molar-refractivity contribution in [1.29, 1.82) is 0 Å². The highest BCUT2D eigenvalue weighted by atomic mass is 16.5. The molecule has 1 aliphatic carbocycles. The van der Waals surface area contributed by atoms with Gasteiger partial charge >= 0.3 is 0 Å². The Labute approximate surface area is 128 Å². The summed E-state index contributed by atoms with van der Waals surface area (Å²) in [6.07, 6.45) is 3.19. The first kappa shape index (κ1) is 16.3. The minimum absolute atomic E-state index is 0.0483. The normalized spacial score (nSPS) is 21.4. The fraction of sp³-hybridized carbons (Fsp3) is 0.647. The average molecular weight is 292 g/mol. The monoisotopic (exact) mass is 292 g/mol. The standard InChI is InChI=1S/C17H28N2O2/c1-4-19(9-10-20-2)17(13-18)8-7-14-5-6-16(21-3)11-15(14)12-17/h5-6,11H,4,7-10,12-13,18H2,1-3H3. The molecule has 118 valence electrons. The third-order valence-corrected chi connectivity index (χ3v) is 4.79. The van der Waals surface area contributed by atoms with Crippen LogP contribution in [0.15, 0.2) is 18.2 Å². The second-order valence-corrected chi connectivity index (χ2v) is 5.81. The molecule has 0 amide bonds. The predicted octanol–water partition coefficient (Wildman–Crippen LogP) is 1.85. The van der Waals surface area contributed by atoms with Crippen LogP contribution in [0.1, 0.15) is 24.5 Å². The van der Waals surface area contributed by atoms with Crippen molar-refractivity contribution >= 4 is 0 Å². The molecule has 2 N–H and O–H groups in total. The van der Waals surface area contributed by atoms with Gasteiger partial charge in [0.25, 0.3) is 0 Å². The van der Waals surface area contributed by atoms with Gasteiger partial charge < -0.3 is 15.2 Å². The summed E-state index contributed by atoms with van der Waals surface area (Å²) in [5.74, 6) is 0.932. The number of likely N-dealkylation sites (N-methyl/N-ethyl adjacent to an activating group) is 1. The van der Waals surface area contributed by atoms with Crippen LogP contribution in [-0.2, 0) is 17.6 Å². The van der Waals surface area contributed by atoms with E-state index < -0.39 is 0 Å². The molecule has 0 bridgehead atoms. The smallest absolute Gasteiger partial charge is 0.119 e. The fourth-order valence-corrected chi connectivity index (χ4v) is 3.45. The number of hydrogen-bond donors (Lipinski definition) is 1. The molecule has 1 aliphatic rings. The second kappa shape index (κ2) is 7.25. The number of hydrogen-bond acceptors (Lipinski definition) is 4. The lowest BCUT2D eigenvalue weighted by atomic mass is 9.76. The van der Waals surface area contributed by atoms with Crippen LogP contribution in [0.25, 0.3) is 0 Å². The third-order valence-electron chi connectivity index (χ3n) is 4.79. The summed E-state index contributed by atoms with van der Waals surface area (Å²) in [4.78, 5) is 2.49. The molecule has 0 heterocycles. The first-order valence-corrected chi connectivity index (χ1v) is 7.79. The van der Waals surface area contributed by atoms with Gasteiger partial charge in [-0.1, -0.05) is 13.0 Å². The maximum Gasteiger partial charge on any atom is 0.119 e. The summed E-state index contributed by atoms with van der Waals surface area (Å²) in [6.45, 7) is 5.57. The summed E-state index contributed by atoms with van der Waals surface area (Å²) in [7, 11) is 3.47. The Hall–Kier alpha value is -1.10. The van der Waals surface area contributed by atoms with E-state index in [9.17, 15) is 0 Å². The lowest BCUT2D eigenvalue weighted by Gasteiger charge is -2.46. The molecule has 1 atom stereocenters. The molecule has 1 aromatic rings. The Morgan fingerprint density at radius 2 is 2.10 bits per heavy atom. The van der Waals surface area contributed by atoms with E-state index in [1.807, 2.05) is 0 Å². The Kier molecular flexibility index (Phi) is 5.62. The van der Waals surface area contributed by atoms with Gasteiger partial charge in [0.05, 0.1) is 13.7 Å². The SMILES string of the molecule is CCN(CCOC)C1(CN)CCc2ccc(OC)cc2C1. The number of benzene rings is 1. The largest absolute Gasteiger partial charge is 0.497 e. The fourth-order valence-electron chi connectivity index (χ4n) is 3.45. The number of rotatable bonds is 7. The summed E-state index contributed by atoms with van der Waals surface area (Å²) in [6, 6.07) is 6.42. The van der Waals surface area contributed by atoms with Crippen molar-refractivity contribution in [1.82, 2.24) is 4.90 Å². The van der Waals surface area contributed by atoms with E-state index in [4.69, 9.17) is 15.2 Å². The van der Waals surface area contributed by atoms with E-state index in [-0.39, 0.29) is 5.54 Å². The second-order valence-electron chi connectivity index (χ2n) is 5.81.